The van der Waals surface area contributed by atoms with E-state index in [4.69, 9.17) is 0 Å². The Morgan fingerprint density at radius 2 is 1.37 bits per heavy atom. The zero-order valence-electron chi connectivity index (χ0n) is 11.7. The smallest absolute Gasteiger partial charge is 0.00217 e. The molecule has 0 aliphatic rings. The summed E-state index contributed by atoms with van der Waals surface area (Å²) in [6.45, 7) is 1.15. The lowest BCUT2D eigenvalue weighted by Crippen LogP contribution is -2.13. The van der Waals surface area contributed by atoms with E-state index in [1.54, 1.807) is 0 Å². The molecule has 102 valence electrons. The third-order valence-corrected chi connectivity index (χ3v) is 3.13. The van der Waals surface area contributed by atoms with Gasteiger partial charge in [-0.25, -0.2) is 0 Å². The number of aryl methyl sites for hydroxylation is 1. The Hall–Kier alpha value is -1.31. The van der Waals surface area contributed by atoms with Crippen LogP contribution in [0.25, 0.3) is 11.1 Å². The summed E-state index contributed by atoms with van der Waals surface area (Å²) in [5.74, 6) is 0. The molecule has 0 unspecified atom stereocenters. The fourth-order valence-corrected chi connectivity index (χ4v) is 2.09. The standard InChI is InChI=1S/C17H21N.ClH/c1-18(2)14-6-7-15-10-12-17(13-11-15)16-8-4-3-5-9-16;/h3-5,8-13H,6-7,14H2,1-2H3;1H. The highest BCUT2D eigenvalue weighted by Gasteiger charge is 1.98. The van der Waals surface area contributed by atoms with Crippen molar-refractivity contribution in [2.45, 2.75) is 12.8 Å². The minimum Gasteiger partial charge on any atom is -0.309 e. The number of hydrogen-bond acceptors (Lipinski definition) is 1. The molecule has 0 N–H and O–H groups in total. The van der Waals surface area contributed by atoms with Crippen LogP contribution in [0.3, 0.4) is 0 Å². The van der Waals surface area contributed by atoms with Crippen LogP contribution in [0.1, 0.15) is 12.0 Å². The topological polar surface area (TPSA) is 3.24 Å². The SMILES string of the molecule is CN(C)CCCc1ccc(-c2ccccc2)cc1.Cl. The fraction of sp³-hybridized carbons (Fsp3) is 0.294. The van der Waals surface area contributed by atoms with Crippen LogP contribution in [-0.4, -0.2) is 25.5 Å². The Kier molecular flexibility index (Phi) is 6.61. The van der Waals surface area contributed by atoms with Gasteiger partial charge >= 0.3 is 0 Å². The molecule has 0 bridgehead atoms. The molecule has 0 radical (unpaired) electrons. The molecule has 0 fully saturated rings. The predicted octanol–water partition coefficient (Wildman–Crippen LogP) is 4.27. The quantitative estimate of drug-likeness (QED) is 0.788. The van der Waals surface area contributed by atoms with Crippen LogP contribution >= 0.6 is 12.4 Å². The summed E-state index contributed by atoms with van der Waals surface area (Å²) in [6.07, 6.45) is 2.38. The van der Waals surface area contributed by atoms with E-state index >= 15 is 0 Å². The molecule has 0 saturated carbocycles. The molecular formula is C17H22ClN. The Bertz CT molecular complexity index is 462. The van der Waals surface area contributed by atoms with Crippen LogP contribution in [0.5, 0.6) is 0 Å². The minimum atomic E-state index is 0. The largest absolute Gasteiger partial charge is 0.309 e. The van der Waals surface area contributed by atoms with Gasteiger partial charge in [0.2, 0.25) is 0 Å². The van der Waals surface area contributed by atoms with Gasteiger partial charge in [-0.3, -0.25) is 0 Å². The van der Waals surface area contributed by atoms with E-state index in [1.807, 2.05) is 0 Å². The second-order valence-electron chi connectivity index (χ2n) is 4.97. The van der Waals surface area contributed by atoms with Gasteiger partial charge in [0, 0.05) is 0 Å². The molecule has 0 saturated heterocycles. The summed E-state index contributed by atoms with van der Waals surface area (Å²) in [4.78, 5) is 2.23. The van der Waals surface area contributed by atoms with Gasteiger partial charge in [-0.15, -0.1) is 12.4 Å². The monoisotopic (exact) mass is 275 g/mol. The maximum atomic E-state index is 2.25. The van der Waals surface area contributed by atoms with E-state index < -0.39 is 0 Å². The molecule has 0 spiro atoms. The van der Waals surface area contributed by atoms with E-state index in [9.17, 15) is 0 Å². The highest BCUT2D eigenvalue weighted by atomic mass is 35.5. The Morgan fingerprint density at radius 1 is 0.789 bits per heavy atom. The van der Waals surface area contributed by atoms with E-state index in [1.165, 1.54) is 23.1 Å². The van der Waals surface area contributed by atoms with Crippen molar-refractivity contribution in [1.29, 1.82) is 0 Å². The van der Waals surface area contributed by atoms with Gasteiger partial charge in [0.15, 0.2) is 0 Å². The third kappa shape index (κ3) is 5.06. The summed E-state index contributed by atoms with van der Waals surface area (Å²) in [5, 5.41) is 0. The van der Waals surface area contributed by atoms with Crippen molar-refractivity contribution in [2.24, 2.45) is 0 Å². The Balaban J connectivity index is 0.00000180. The molecule has 2 aromatic carbocycles. The van der Waals surface area contributed by atoms with Gasteiger partial charge in [-0.2, -0.15) is 0 Å². The lowest BCUT2D eigenvalue weighted by molar-refractivity contribution is 0.400. The molecule has 0 atom stereocenters. The lowest BCUT2D eigenvalue weighted by Gasteiger charge is -2.09. The van der Waals surface area contributed by atoms with Gasteiger partial charge in [0.1, 0.15) is 0 Å². The zero-order valence-corrected chi connectivity index (χ0v) is 12.5. The number of halogens is 1. The highest BCUT2D eigenvalue weighted by molar-refractivity contribution is 5.85. The lowest BCUT2D eigenvalue weighted by atomic mass is 10.0. The number of hydrogen-bond donors (Lipinski definition) is 0. The van der Waals surface area contributed by atoms with Crippen molar-refractivity contribution >= 4 is 12.4 Å². The number of benzene rings is 2. The molecule has 2 heteroatoms. The first-order chi connectivity index (χ1) is 8.75. The molecule has 1 nitrogen and oxygen atoms in total. The van der Waals surface area contributed by atoms with Gasteiger partial charge in [0.05, 0.1) is 0 Å². The Morgan fingerprint density at radius 3 is 1.95 bits per heavy atom. The van der Waals surface area contributed by atoms with Crippen molar-refractivity contribution in [3.05, 3.63) is 60.2 Å². The van der Waals surface area contributed by atoms with Crippen molar-refractivity contribution in [1.82, 2.24) is 4.90 Å². The normalized spacial score (nSPS) is 10.3. The van der Waals surface area contributed by atoms with Crippen LogP contribution in [0.15, 0.2) is 54.6 Å². The molecule has 19 heavy (non-hydrogen) atoms. The van der Waals surface area contributed by atoms with Crippen LogP contribution in [0.2, 0.25) is 0 Å². The summed E-state index contributed by atoms with van der Waals surface area (Å²) in [7, 11) is 4.25. The van der Waals surface area contributed by atoms with E-state index in [0.717, 1.165) is 13.0 Å². The van der Waals surface area contributed by atoms with E-state index in [-0.39, 0.29) is 12.4 Å². The first-order valence-corrected chi connectivity index (χ1v) is 6.55. The van der Waals surface area contributed by atoms with E-state index in [2.05, 4.69) is 73.6 Å². The third-order valence-electron chi connectivity index (χ3n) is 3.13. The van der Waals surface area contributed by atoms with Crippen LogP contribution in [0, 0.1) is 0 Å². The molecule has 2 aromatic rings. The minimum absolute atomic E-state index is 0. The second kappa shape index (κ2) is 7.98. The Labute approximate surface area is 122 Å². The molecule has 0 aliphatic heterocycles. The summed E-state index contributed by atoms with van der Waals surface area (Å²) < 4.78 is 0. The van der Waals surface area contributed by atoms with Crippen molar-refractivity contribution < 1.29 is 0 Å². The maximum Gasteiger partial charge on any atom is -0.00217 e. The van der Waals surface area contributed by atoms with Gasteiger partial charge in [0.25, 0.3) is 0 Å². The predicted molar refractivity (Wildman–Crippen MR) is 86.0 cm³/mol. The second-order valence-corrected chi connectivity index (χ2v) is 4.97. The fourth-order valence-electron chi connectivity index (χ4n) is 2.09. The van der Waals surface area contributed by atoms with Gasteiger partial charge < -0.3 is 4.90 Å². The molecular weight excluding hydrogens is 254 g/mol. The molecule has 0 aromatic heterocycles. The number of rotatable bonds is 5. The van der Waals surface area contributed by atoms with Crippen molar-refractivity contribution in [3.8, 4) is 11.1 Å². The summed E-state index contributed by atoms with van der Waals surface area (Å²) in [5.41, 5.74) is 4.01. The van der Waals surface area contributed by atoms with Crippen LogP contribution < -0.4 is 0 Å². The number of nitrogens with zero attached hydrogens (tertiary/aromatic N) is 1. The molecule has 0 amide bonds. The van der Waals surface area contributed by atoms with Crippen molar-refractivity contribution in [2.75, 3.05) is 20.6 Å². The molecule has 0 aliphatic carbocycles. The van der Waals surface area contributed by atoms with Gasteiger partial charge in [-0.05, 0) is 50.2 Å². The zero-order chi connectivity index (χ0) is 12.8. The molecule has 0 heterocycles. The van der Waals surface area contributed by atoms with E-state index in [0.29, 0.717) is 0 Å². The highest BCUT2D eigenvalue weighted by Crippen LogP contribution is 2.19. The first-order valence-electron chi connectivity index (χ1n) is 6.55. The van der Waals surface area contributed by atoms with Gasteiger partial charge in [-0.1, -0.05) is 54.6 Å². The van der Waals surface area contributed by atoms with Crippen LogP contribution in [-0.2, 0) is 6.42 Å². The van der Waals surface area contributed by atoms with Crippen molar-refractivity contribution in [3.63, 3.8) is 0 Å². The van der Waals surface area contributed by atoms with Crippen LogP contribution in [0.4, 0.5) is 0 Å². The summed E-state index contributed by atoms with van der Waals surface area (Å²) in [6, 6.07) is 19.5. The average Bonchev–Trinajstić information content (AvgIpc) is 2.40. The first kappa shape index (κ1) is 15.7. The molecule has 2 rings (SSSR count). The average molecular weight is 276 g/mol. The summed E-state index contributed by atoms with van der Waals surface area (Å²) >= 11 is 0. The maximum absolute atomic E-state index is 2.25.